The van der Waals surface area contributed by atoms with Gasteiger partial charge in [0.1, 0.15) is 11.9 Å². The molecule has 0 aliphatic heterocycles. The van der Waals surface area contributed by atoms with Gasteiger partial charge in [-0.05, 0) is 32.1 Å². The highest BCUT2D eigenvalue weighted by Crippen LogP contribution is 2.35. The van der Waals surface area contributed by atoms with E-state index in [0.29, 0.717) is 17.7 Å². The fourth-order valence-electron chi connectivity index (χ4n) is 2.78. The molecular formula is C22H25Cl2FN4O2. The second kappa shape index (κ2) is 11.8. The predicted molar refractivity (Wildman–Crippen MR) is 122 cm³/mol. The Labute approximate surface area is 191 Å². The number of rotatable bonds is 8. The van der Waals surface area contributed by atoms with Crippen molar-refractivity contribution in [3.8, 4) is 17.6 Å². The Hall–Kier alpha value is -2.53. The van der Waals surface area contributed by atoms with E-state index in [1.165, 1.54) is 18.3 Å². The summed E-state index contributed by atoms with van der Waals surface area (Å²) in [5, 5.41) is 2.93. The molecule has 31 heavy (non-hydrogen) atoms. The SMILES string of the molecule is CCN(CC)CC(=O)NCC#Cc1cnc(N)c(OC(C)c2c(Cl)ccc(F)c2Cl)c1. The topological polar surface area (TPSA) is 80.5 Å². The van der Waals surface area contributed by atoms with Gasteiger partial charge in [-0.2, -0.15) is 0 Å². The number of pyridine rings is 1. The van der Waals surface area contributed by atoms with E-state index in [1.807, 2.05) is 18.7 Å². The largest absolute Gasteiger partial charge is 0.482 e. The van der Waals surface area contributed by atoms with Crippen molar-refractivity contribution in [3.05, 3.63) is 51.4 Å². The number of nitrogens with zero attached hydrogens (tertiary/aromatic N) is 2. The number of anilines is 1. The van der Waals surface area contributed by atoms with Gasteiger partial charge in [0.2, 0.25) is 5.91 Å². The number of ether oxygens (including phenoxy) is 1. The van der Waals surface area contributed by atoms with Crippen LogP contribution in [0.25, 0.3) is 0 Å². The second-order valence-corrected chi connectivity index (χ2v) is 7.45. The molecule has 0 aliphatic rings. The minimum Gasteiger partial charge on any atom is -0.482 e. The number of amides is 1. The summed E-state index contributed by atoms with van der Waals surface area (Å²) < 4.78 is 19.6. The van der Waals surface area contributed by atoms with Crippen LogP contribution in [0.15, 0.2) is 24.4 Å². The fourth-order valence-corrected chi connectivity index (χ4v) is 3.46. The highest BCUT2D eigenvalue weighted by atomic mass is 35.5. The van der Waals surface area contributed by atoms with Crippen LogP contribution in [0, 0.1) is 17.7 Å². The van der Waals surface area contributed by atoms with Crippen molar-refractivity contribution in [2.24, 2.45) is 0 Å². The van der Waals surface area contributed by atoms with E-state index in [1.54, 1.807) is 13.0 Å². The zero-order valence-electron chi connectivity index (χ0n) is 17.6. The Morgan fingerprint density at radius 1 is 1.35 bits per heavy atom. The molecule has 3 N–H and O–H groups in total. The number of nitrogen functional groups attached to an aromatic ring is 1. The maximum atomic E-state index is 13.8. The predicted octanol–water partition coefficient (Wildman–Crippen LogP) is 4.06. The van der Waals surface area contributed by atoms with Crippen LogP contribution < -0.4 is 15.8 Å². The Morgan fingerprint density at radius 2 is 2.06 bits per heavy atom. The highest BCUT2D eigenvalue weighted by Gasteiger charge is 2.19. The third kappa shape index (κ3) is 7.00. The van der Waals surface area contributed by atoms with Crippen molar-refractivity contribution < 1.29 is 13.9 Å². The van der Waals surface area contributed by atoms with Crippen molar-refractivity contribution in [1.29, 1.82) is 0 Å². The van der Waals surface area contributed by atoms with Crippen LogP contribution in [0.5, 0.6) is 5.75 Å². The monoisotopic (exact) mass is 466 g/mol. The van der Waals surface area contributed by atoms with E-state index in [4.69, 9.17) is 33.7 Å². The quantitative estimate of drug-likeness (QED) is 0.452. The molecule has 166 valence electrons. The van der Waals surface area contributed by atoms with Crippen LogP contribution in [0.3, 0.4) is 0 Å². The summed E-state index contributed by atoms with van der Waals surface area (Å²) in [4.78, 5) is 18.0. The van der Waals surface area contributed by atoms with Crippen LogP contribution >= 0.6 is 23.2 Å². The molecule has 0 fully saturated rings. The average molecular weight is 467 g/mol. The molecule has 1 aromatic heterocycles. The lowest BCUT2D eigenvalue weighted by molar-refractivity contribution is -0.121. The first-order valence-corrected chi connectivity index (χ1v) is 10.6. The van der Waals surface area contributed by atoms with E-state index in [9.17, 15) is 9.18 Å². The smallest absolute Gasteiger partial charge is 0.234 e. The molecule has 1 unspecified atom stereocenters. The zero-order valence-corrected chi connectivity index (χ0v) is 19.1. The first kappa shape index (κ1) is 24.7. The maximum Gasteiger partial charge on any atom is 0.234 e. The van der Waals surface area contributed by atoms with Gasteiger partial charge in [-0.15, -0.1) is 0 Å². The van der Waals surface area contributed by atoms with Gasteiger partial charge in [0.25, 0.3) is 0 Å². The first-order valence-electron chi connectivity index (χ1n) is 9.80. The van der Waals surface area contributed by atoms with E-state index in [2.05, 4.69) is 22.1 Å². The summed E-state index contributed by atoms with van der Waals surface area (Å²) in [7, 11) is 0. The number of hydrogen-bond donors (Lipinski definition) is 2. The van der Waals surface area contributed by atoms with E-state index in [0.717, 1.165) is 13.1 Å². The lowest BCUT2D eigenvalue weighted by Gasteiger charge is -2.18. The van der Waals surface area contributed by atoms with Crippen LogP contribution in [0.4, 0.5) is 10.2 Å². The van der Waals surface area contributed by atoms with Gasteiger partial charge in [-0.3, -0.25) is 9.69 Å². The summed E-state index contributed by atoms with van der Waals surface area (Å²) >= 11 is 12.2. The van der Waals surface area contributed by atoms with Crippen molar-refractivity contribution in [1.82, 2.24) is 15.2 Å². The molecule has 9 heteroatoms. The Kier molecular flexibility index (Phi) is 9.38. The molecule has 0 radical (unpaired) electrons. The molecule has 0 aliphatic carbocycles. The molecule has 1 aromatic carbocycles. The van der Waals surface area contributed by atoms with E-state index in [-0.39, 0.29) is 34.1 Å². The molecule has 1 heterocycles. The number of carbonyl (C=O) groups excluding carboxylic acids is 1. The minimum atomic E-state index is -0.678. The number of carbonyl (C=O) groups is 1. The number of likely N-dealkylation sites (N-methyl/N-ethyl adjacent to an activating group) is 1. The molecule has 2 aromatic rings. The van der Waals surface area contributed by atoms with Crippen molar-refractivity contribution in [2.45, 2.75) is 26.9 Å². The molecule has 0 saturated heterocycles. The summed E-state index contributed by atoms with van der Waals surface area (Å²) in [6.45, 7) is 7.82. The summed E-state index contributed by atoms with van der Waals surface area (Å²) in [5.41, 5.74) is 6.77. The molecular weight excluding hydrogens is 442 g/mol. The highest BCUT2D eigenvalue weighted by molar-refractivity contribution is 6.36. The molecule has 0 bridgehead atoms. The molecule has 1 amide bonds. The summed E-state index contributed by atoms with van der Waals surface area (Å²) in [6, 6.07) is 4.22. The maximum absolute atomic E-state index is 13.8. The lowest BCUT2D eigenvalue weighted by Crippen LogP contribution is -2.37. The number of halogens is 3. The Bertz CT molecular complexity index is 987. The number of aromatic nitrogens is 1. The van der Waals surface area contributed by atoms with Crippen LogP contribution in [0.2, 0.25) is 10.0 Å². The summed E-state index contributed by atoms with van der Waals surface area (Å²) in [5.74, 6) is 5.51. The number of nitrogens with one attached hydrogen (secondary N) is 1. The Morgan fingerprint density at radius 3 is 2.74 bits per heavy atom. The van der Waals surface area contributed by atoms with Crippen LogP contribution in [-0.2, 0) is 4.79 Å². The number of nitrogens with two attached hydrogens (primary N) is 1. The number of hydrogen-bond acceptors (Lipinski definition) is 5. The molecule has 0 saturated carbocycles. The molecule has 2 rings (SSSR count). The van der Waals surface area contributed by atoms with Crippen molar-refractivity contribution in [2.75, 3.05) is 31.9 Å². The average Bonchev–Trinajstić information content (AvgIpc) is 2.74. The standard InChI is InChI=1S/C22H25Cl2FN4O2/c1-4-29(5-2)13-19(30)27-10-6-7-15-11-18(22(26)28-12-15)31-14(3)20-16(23)8-9-17(25)21(20)24/h8-9,11-12,14H,4-5,10,13H2,1-3H3,(H2,26,28)(H,27,30). The van der Waals surface area contributed by atoms with Crippen molar-refractivity contribution >= 4 is 34.9 Å². The normalized spacial score (nSPS) is 11.6. The third-order valence-corrected chi connectivity index (χ3v) is 5.25. The van der Waals surface area contributed by atoms with Crippen molar-refractivity contribution in [3.63, 3.8) is 0 Å². The zero-order chi connectivity index (χ0) is 23.0. The van der Waals surface area contributed by atoms with E-state index >= 15 is 0 Å². The molecule has 6 nitrogen and oxygen atoms in total. The van der Waals surface area contributed by atoms with Gasteiger partial charge in [-0.1, -0.05) is 48.9 Å². The fraction of sp³-hybridized carbons (Fsp3) is 0.364. The second-order valence-electron chi connectivity index (χ2n) is 6.66. The first-order chi connectivity index (χ1) is 14.8. The number of benzene rings is 1. The van der Waals surface area contributed by atoms with Gasteiger partial charge >= 0.3 is 0 Å². The third-order valence-electron chi connectivity index (χ3n) is 4.54. The van der Waals surface area contributed by atoms with Gasteiger partial charge in [0, 0.05) is 28.4 Å². The van der Waals surface area contributed by atoms with Gasteiger partial charge in [-0.25, -0.2) is 9.37 Å². The van der Waals surface area contributed by atoms with Crippen LogP contribution in [-0.4, -0.2) is 42.0 Å². The lowest BCUT2D eigenvalue weighted by atomic mass is 10.1. The van der Waals surface area contributed by atoms with Gasteiger partial charge < -0.3 is 15.8 Å². The van der Waals surface area contributed by atoms with Gasteiger partial charge in [0.05, 0.1) is 18.1 Å². The van der Waals surface area contributed by atoms with E-state index < -0.39 is 11.9 Å². The minimum absolute atomic E-state index is 0.0878. The Balaban J connectivity index is 2.06. The molecule has 1 atom stereocenters. The van der Waals surface area contributed by atoms with Crippen LogP contribution in [0.1, 0.15) is 38.0 Å². The molecule has 0 spiro atoms. The summed E-state index contributed by atoms with van der Waals surface area (Å²) in [6.07, 6.45) is 0.821. The van der Waals surface area contributed by atoms with Gasteiger partial charge in [0.15, 0.2) is 11.6 Å².